The molecule has 1 fully saturated rings. The minimum atomic E-state index is 0.272. The maximum Gasteiger partial charge on any atom is 0.0473 e. The van der Waals surface area contributed by atoms with Crippen LogP contribution in [0.15, 0.2) is 0 Å². The van der Waals surface area contributed by atoms with Crippen LogP contribution in [0, 0.1) is 5.92 Å². The van der Waals surface area contributed by atoms with E-state index in [1.165, 1.54) is 0 Å². The molecule has 1 N–H and O–H groups in total. The van der Waals surface area contributed by atoms with Crippen molar-refractivity contribution in [3.8, 4) is 0 Å². The third-order valence-corrected chi connectivity index (χ3v) is 1.61. The van der Waals surface area contributed by atoms with Crippen molar-refractivity contribution in [2.75, 3.05) is 6.61 Å². The van der Waals surface area contributed by atoms with Crippen molar-refractivity contribution in [1.82, 2.24) is 0 Å². The molecule has 0 aromatic heterocycles. The van der Waals surface area contributed by atoms with Gasteiger partial charge in [0.25, 0.3) is 0 Å². The third-order valence-electron chi connectivity index (χ3n) is 1.07. The smallest absolute Gasteiger partial charge is 0.0473 e. The van der Waals surface area contributed by atoms with E-state index in [0.717, 1.165) is 6.42 Å². The lowest BCUT2D eigenvalue weighted by molar-refractivity contribution is 0.277. The Kier molecular flexibility index (Phi) is 1.02. The van der Waals surface area contributed by atoms with Gasteiger partial charge in [0.1, 0.15) is 0 Å². The van der Waals surface area contributed by atoms with Gasteiger partial charge in [-0.05, 0) is 12.3 Å². The Morgan fingerprint density at radius 2 is 2.33 bits per heavy atom. The average molecular weight is 107 g/mol. The lowest BCUT2D eigenvalue weighted by Gasteiger charge is -1.77. The Bertz CT molecular complexity index is 53.5. The minimum Gasteiger partial charge on any atom is -0.396 e. The summed E-state index contributed by atoms with van der Waals surface area (Å²) >= 11 is 5.49. The molecule has 0 saturated heterocycles. The zero-order chi connectivity index (χ0) is 4.57. The molecule has 2 heteroatoms. The maximum atomic E-state index is 8.29. The minimum absolute atomic E-state index is 0.272. The third kappa shape index (κ3) is 0.660. The molecular formula is C4H7ClO. The van der Waals surface area contributed by atoms with Crippen LogP contribution in [0.2, 0.25) is 0 Å². The summed E-state index contributed by atoms with van der Waals surface area (Å²) in [6.45, 7) is 0.272. The molecule has 0 aromatic rings. The maximum absolute atomic E-state index is 8.29. The molecule has 1 nitrogen and oxygen atoms in total. The van der Waals surface area contributed by atoms with Crippen molar-refractivity contribution in [1.29, 1.82) is 0 Å². The first kappa shape index (κ1) is 4.41. The predicted octanol–water partition coefficient (Wildman–Crippen LogP) is 0.606. The molecule has 0 bridgehead atoms. The Morgan fingerprint density at radius 3 is 2.33 bits per heavy atom. The first-order chi connectivity index (χ1) is 2.84. The van der Waals surface area contributed by atoms with Crippen molar-refractivity contribution < 1.29 is 5.11 Å². The molecule has 0 unspecified atom stereocenters. The molecule has 0 aromatic carbocycles. The highest BCUT2D eigenvalue weighted by atomic mass is 35.5. The summed E-state index contributed by atoms with van der Waals surface area (Å²) in [4.78, 5) is 0. The van der Waals surface area contributed by atoms with Crippen LogP contribution in [-0.2, 0) is 0 Å². The van der Waals surface area contributed by atoms with E-state index in [0.29, 0.717) is 5.92 Å². The summed E-state index contributed by atoms with van der Waals surface area (Å²) in [5.74, 6) is 0.423. The van der Waals surface area contributed by atoms with E-state index in [2.05, 4.69) is 0 Å². The second kappa shape index (κ2) is 1.39. The Hall–Kier alpha value is 0.250. The zero-order valence-electron chi connectivity index (χ0n) is 3.39. The highest BCUT2D eigenvalue weighted by molar-refractivity contribution is 6.22. The van der Waals surface area contributed by atoms with Crippen molar-refractivity contribution in [3.63, 3.8) is 0 Å². The number of halogens is 1. The van der Waals surface area contributed by atoms with Gasteiger partial charge in [0, 0.05) is 12.0 Å². The van der Waals surface area contributed by atoms with Crippen molar-refractivity contribution in [2.24, 2.45) is 5.92 Å². The average Bonchev–Trinajstić information content (AvgIpc) is 2.19. The van der Waals surface area contributed by atoms with Crippen LogP contribution in [0.3, 0.4) is 0 Å². The van der Waals surface area contributed by atoms with E-state index in [4.69, 9.17) is 16.7 Å². The van der Waals surface area contributed by atoms with Gasteiger partial charge in [-0.15, -0.1) is 11.6 Å². The molecule has 0 amide bonds. The molecule has 0 heterocycles. The summed E-state index contributed by atoms with van der Waals surface area (Å²) in [5, 5.41) is 8.58. The van der Waals surface area contributed by atoms with E-state index in [1.807, 2.05) is 0 Å². The molecule has 2 atom stereocenters. The second-order valence-corrected chi connectivity index (χ2v) is 2.25. The first-order valence-electron chi connectivity index (χ1n) is 2.09. The highest BCUT2D eigenvalue weighted by Crippen LogP contribution is 2.34. The fourth-order valence-corrected chi connectivity index (χ4v) is 0.708. The van der Waals surface area contributed by atoms with Crippen LogP contribution < -0.4 is 0 Å². The van der Waals surface area contributed by atoms with Crippen molar-refractivity contribution >= 4 is 11.6 Å². The molecule has 1 aliphatic carbocycles. The largest absolute Gasteiger partial charge is 0.396 e. The zero-order valence-corrected chi connectivity index (χ0v) is 4.15. The lowest BCUT2D eigenvalue weighted by Crippen LogP contribution is -1.84. The molecule has 0 radical (unpaired) electrons. The summed E-state index contributed by atoms with van der Waals surface area (Å²) in [7, 11) is 0. The highest BCUT2D eigenvalue weighted by Gasteiger charge is 2.33. The molecule has 0 spiro atoms. The summed E-state index contributed by atoms with van der Waals surface area (Å²) in [6.07, 6.45) is 1.01. The number of aliphatic hydroxyl groups excluding tert-OH is 1. The second-order valence-electron chi connectivity index (χ2n) is 1.69. The monoisotopic (exact) mass is 106 g/mol. The fourth-order valence-electron chi connectivity index (χ4n) is 0.400. The summed E-state index contributed by atoms with van der Waals surface area (Å²) in [5.41, 5.74) is 0. The number of aliphatic hydroxyl groups is 1. The molecule has 1 rings (SSSR count). The van der Waals surface area contributed by atoms with Gasteiger partial charge < -0.3 is 5.11 Å². The first-order valence-corrected chi connectivity index (χ1v) is 2.53. The summed E-state index contributed by atoms with van der Waals surface area (Å²) < 4.78 is 0. The van der Waals surface area contributed by atoms with Crippen LogP contribution in [0.1, 0.15) is 6.42 Å². The van der Waals surface area contributed by atoms with E-state index in [1.54, 1.807) is 0 Å². The van der Waals surface area contributed by atoms with Crippen molar-refractivity contribution in [3.05, 3.63) is 0 Å². The van der Waals surface area contributed by atoms with E-state index < -0.39 is 0 Å². The Morgan fingerprint density at radius 1 is 1.83 bits per heavy atom. The topological polar surface area (TPSA) is 20.2 Å². The predicted molar refractivity (Wildman–Crippen MR) is 24.8 cm³/mol. The van der Waals surface area contributed by atoms with Gasteiger partial charge in [0.15, 0.2) is 0 Å². The molecule has 1 aliphatic rings. The molecule has 1 saturated carbocycles. The normalized spacial score (nSPS) is 43.0. The number of alkyl halides is 1. The van der Waals surface area contributed by atoms with Crippen LogP contribution in [0.5, 0.6) is 0 Å². The van der Waals surface area contributed by atoms with Gasteiger partial charge in [-0.2, -0.15) is 0 Å². The van der Waals surface area contributed by atoms with E-state index >= 15 is 0 Å². The van der Waals surface area contributed by atoms with Crippen LogP contribution in [-0.4, -0.2) is 17.1 Å². The molecule has 6 heavy (non-hydrogen) atoms. The van der Waals surface area contributed by atoms with Crippen LogP contribution >= 0.6 is 11.6 Å². The van der Waals surface area contributed by atoms with Gasteiger partial charge in [-0.1, -0.05) is 0 Å². The van der Waals surface area contributed by atoms with Gasteiger partial charge in [-0.25, -0.2) is 0 Å². The standard InChI is InChI=1S/C4H7ClO/c5-4-1-3(4)2-6/h3-4,6H,1-2H2/t3-,4+/m0/s1. The van der Waals surface area contributed by atoms with Crippen LogP contribution in [0.25, 0.3) is 0 Å². The van der Waals surface area contributed by atoms with Gasteiger partial charge in [-0.3, -0.25) is 0 Å². The number of rotatable bonds is 1. The van der Waals surface area contributed by atoms with Gasteiger partial charge in [0.2, 0.25) is 0 Å². The fraction of sp³-hybridized carbons (Fsp3) is 1.00. The molecule has 36 valence electrons. The van der Waals surface area contributed by atoms with Gasteiger partial charge in [0.05, 0.1) is 0 Å². The van der Waals surface area contributed by atoms with E-state index in [9.17, 15) is 0 Å². The lowest BCUT2D eigenvalue weighted by atomic mass is 10.5. The molecular weight excluding hydrogens is 99.5 g/mol. The summed E-state index contributed by atoms with van der Waals surface area (Å²) in [6, 6.07) is 0. The molecule has 0 aliphatic heterocycles. The van der Waals surface area contributed by atoms with E-state index in [-0.39, 0.29) is 12.0 Å². The number of hydrogen-bond acceptors (Lipinski definition) is 1. The van der Waals surface area contributed by atoms with Crippen LogP contribution in [0.4, 0.5) is 0 Å². The Balaban J connectivity index is 2.09. The van der Waals surface area contributed by atoms with Gasteiger partial charge >= 0.3 is 0 Å². The van der Waals surface area contributed by atoms with Crippen molar-refractivity contribution in [2.45, 2.75) is 11.8 Å². The number of hydrogen-bond donors (Lipinski definition) is 1. The quantitative estimate of drug-likeness (QED) is 0.486. The SMILES string of the molecule is OC[C@@H]1C[C@H]1Cl. The Labute approximate surface area is 41.9 Å².